The van der Waals surface area contributed by atoms with Gasteiger partial charge in [-0.15, -0.1) is 10.2 Å². The largest absolute Gasteiger partial charge is 0.496 e. The number of hydrogen-bond acceptors (Lipinski definition) is 6. The highest BCUT2D eigenvalue weighted by atomic mass is 32.2. The Morgan fingerprint density at radius 3 is 2.36 bits per heavy atom. The Morgan fingerprint density at radius 2 is 1.79 bits per heavy atom. The van der Waals surface area contributed by atoms with E-state index in [4.69, 9.17) is 4.74 Å². The monoisotopic (exact) mass is 398 g/mol. The van der Waals surface area contributed by atoms with Crippen LogP contribution in [0.1, 0.15) is 12.5 Å². The minimum atomic E-state index is -3.77. The van der Waals surface area contributed by atoms with E-state index in [0.717, 1.165) is 11.3 Å². The molecule has 0 spiro atoms. The first-order chi connectivity index (χ1) is 13.4. The van der Waals surface area contributed by atoms with Crippen molar-refractivity contribution >= 4 is 27.3 Å². The number of para-hydroxylation sites is 1. The van der Waals surface area contributed by atoms with Crippen molar-refractivity contribution in [3.8, 4) is 5.75 Å². The van der Waals surface area contributed by atoms with Crippen molar-refractivity contribution in [3.63, 3.8) is 0 Å². The number of ether oxygens (including phenoxy) is 1. The van der Waals surface area contributed by atoms with Crippen LogP contribution in [0.25, 0.3) is 0 Å². The molecule has 0 aliphatic rings. The summed E-state index contributed by atoms with van der Waals surface area (Å²) in [7, 11) is -2.23. The first kappa shape index (κ1) is 19.6. The van der Waals surface area contributed by atoms with Gasteiger partial charge in [-0.1, -0.05) is 18.2 Å². The molecule has 146 valence electrons. The number of aryl methyl sites for hydroxylation is 1. The van der Waals surface area contributed by atoms with Crippen LogP contribution in [0.4, 0.5) is 17.3 Å². The third-order valence-corrected chi connectivity index (χ3v) is 5.58. The van der Waals surface area contributed by atoms with Gasteiger partial charge in [-0.3, -0.25) is 4.72 Å². The highest BCUT2D eigenvalue weighted by Gasteiger charge is 2.17. The van der Waals surface area contributed by atoms with Gasteiger partial charge in [0.1, 0.15) is 5.75 Å². The van der Waals surface area contributed by atoms with Crippen LogP contribution in [0.2, 0.25) is 0 Å². The Morgan fingerprint density at radius 1 is 1.04 bits per heavy atom. The minimum absolute atomic E-state index is 0.135. The predicted molar refractivity (Wildman–Crippen MR) is 110 cm³/mol. The van der Waals surface area contributed by atoms with Gasteiger partial charge in [-0.25, -0.2) is 8.42 Å². The number of sulfonamides is 1. The van der Waals surface area contributed by atoms with Crippen molar-refractivity contribution < 1.29 is 13.2 Å². The van der Waals surface area contributed by atoms with Crippen LogP contribution in [0.3, 0.4) is 0 Å². The van der Waals surface area contributed by atoms with Crippen molar-refractivity contribution in [1.29, 1.82) is 0 Å². The summed E-state index contributed by atoms with van der Waals surface area (Å²) in [5.41, 5.74) is 1.72. The van der Waals surface area contributed by atoms with E-state index in [-0.39, 0.29) is 10.7 Å². The lowest BCUT2D eigenvalue weighted by atomic mass is 10.2. The fourth-order valence-electron chi connectivity index (χ4n) is 2.82. The molecule has 3 aromatic rings. The summed E-state index contributed by atoms with van der Waals surface area (Å²) in [5, 5.41) is 8.21. The molecule has 0 saturated carbocycles. The standard InChI is InChI=1S/C20H22N4O3S/c1-4-24(16-8-6-5-7-9-16)20-13-12-19(21-22-20)23-28(25,26)17-10-11-18(27-3)15(2)14-17/h5-14H,4H2,1-3H3,(H,21,23). The molecule has 0 unspecified atom stereocenters. The molecule has 0 radical (unpaired) electrons. The quantitative estimate of drug-likeness (QED) is 0.652. The molecule has 0 aliphatic carbocycles. The highest BCUT2D eigenvalue weighted by molar-refractivity contribution is 7.92. The molecule has 1 N–H and O–H groups in total. The maximum absolute atomic E-state index is 12.6. The maximum Gasteiger partial charge on any atom is 0.263 e. The topological polar surface area (TPSA) is 84.4 Å². The van der Waals surface area contributed by atoms with Crippen molar-refractivity contribution in [3.05, 3.63) is 66.2 Å². The van der Waals surface area contributed by atoms with E-state index >= 15 is 0 Å². The SMILES string of the molecule is CCN(c1ccccc1)c1ccc(NS(=O)(=O)c2ccc(OC)c(C)c2)nn1. The van der Waals surface area contributed by atoms with Crippen LogP contribution in [0.5, 0.6) is 5.75 Å². The van der Waals surface area contributed by atoms with Gasteiger partial charge in [0.15, 0.2) is 11.6 Å². The summed E-state index contributed by atoms with van der Waals surface area (Å²) in [6, 6.07) is 17.8. The van der Waals surface area contributed by atoms with Crippen molar-refractivity contribution in [2.45, 2.75) is 18.7 Å². The molecule has 0 bridgehead atoms. The third kappa shape index (κ3) is 4.23. The average Bonchev–Trinajstić information content (AvgIpc) is 2.70. The van der Waals surface area contributed by atoms with E-state index in [9.17, 15) is 8.42 Å². The molecule has 0 fully saturated rings. The van der Waals surface area contributed by atoms with E-state index in [1.807, 2.05) is 42.2 Å². The van der Waals surface area contributed by atoms with Gasteiger partial charge in [0.25, 0.3) is 10.0 Å². The molecule has 1 aromatic heterocycles. The Labute approximate surface area is 165 Å². The van der Waals surface area contributed by atoms with E-state index in [1.165, 1.54) is 6.07 Å². The molecular formula is C20H22N4O3S. The van der Waals surface area contributed by atoms with Crippen molar-refractivity contribution in [2.24, 2.45) is 0 Å². The molecule has 0 amide bonds. The average molecular weight is 398 g/mol. The first-order valence-electron chi connectivity index (χ1n) is 8.78. The van der Waals surface area contributed by atoms with Crippen LogP contribution in [-0.2, 0) is 10.0 Å². The Kier molecular flexibility index (Phi) is 5.79. The fourth-order valence-corrected chi connectivity index (χ4v) is 3.90. The van der Waals surface area contributed by atoms with Gasteiger partial charge in [0.05, 0.1) is 12.0 Å². The summed E-state index contributed by atoms with van der Waals surface area (Å²) in [4.78, 5) is 2.12. The number of rotatable bonds is 7. The number of hydrogen-bond donors (Lipinski definition) is 1. The van der Waals surface area contributed by atoms with Crippen molar-refractivity contribution in [1.82, 2.24) is 10.2 Å². The van der Waals surface area contributed by atoms with Gasteiger partial charge in [-0.05, 0) is 61.9 Å². The fraction of sp³-hybridized carbons (Fsp3) is 0.200. The van der Waals surface area contributed by atoms with E-state index in [2.05, 4.69) is 14.9 Å². The van der Waals surface area contributed by atoms with Crippen molar-refractivity contribution in [2.75, 3.05) is 23.3 Å². The third-order valence-electron chi connectivity index (χ3n) is 4.23. The lowest BCUT2D eigenvalue weighted by Gasteiger charge is -2.21. The minimum Gasteiger partial charge on any atom is -0.496 e. The van der Waals surface area contributed by atoms with Gasteiger partial charge in [0, 0.05) is 12.2 Å². The van der Waals surface area contributed by atoms with Crippen LogP contribution in [0, 0.1) is 6.92 Å². The van der Waals surface area contributed by atoms with Gasteiger partial charge < -0.3 is 9.64 Å². The molecule has 1 heterocycles. The second kappa shape index (κ2) is 8.26. The summed E-state index contributed by atoms with van der Waals surface area (Å²) in [6.07, 6.45) is 0. The molecule has 0 aliphatic heterocycles. The maximum atomic E-state index is 12.6. The predicted octanol–water partition coefficient (Wildman–Crippen LogP) is 3.75. The van der Waals surface area contributed by atoms with Gasteiger partial charge >= 0.3 is 0 Å². The molecule has 0 saturated heterocycles. The molecule has 7 nitrogen and oxygen atoms in total. The van der Waals surface area contributed by atoms with Gasteiger partial charge in [0.2, 0.25) is 0 Å². The number of nitrogens with one attached hydrogen (secondary N) is 1. The van der Waals surface area contributed by atoms with Crippen LogP contribution < -0.4 is 14.4 Å². The number of aromatic nitrogens is 2. The highest BCUT2D eigenvalue weighted by Crippen LogP contribution is 2.25. The van der Waals surface area contributed by atoms with E-state index < -0.39 is 10.0 Å². The smallest absolute Gasteiger partial charge is 0.263 e. The van der Waals surface area contributed by atoms with Crippen LogP contribution in [-0.4, -0.2) is 32.3 Å². The molecule has 28 heavy (non-hydrogen) atoms. The zero-order valence-corrected chi connectivity index (χ0v) is 16.8. The second-order valence-corrected chi connectivity index (χ2v) is 7.78. The lowest BCUT2D eigenvalue weighted by molar-refractivity contribution is 0.411. The zero-order chi connectivity index (χ0) is 20.1. The molecule has 8 heteroatoms. The lowest BCUT2D eigenvalue weighted by Crippen LogP contribution is -2.19. The number of anilines is 3. The van der Waals surface area contributed by atoms with Gasteiger partial charge in [-0.2, -0.15) is 0 Å². The second-order valence-electron chi connectivity index (χ2n) is 6.09. The molecule has 2 aromatic carbocycles. The van der Waals surface area contributed by atoms with Crippen LogP contribution in [0.15, 0.2) is 65.6 Å². The molecular weight excluding hydrogens is 376 g/mol. The Balaban J connectivity index is 1.81. The first-order valence-corrected chi connectivity index (χ1v) is 10.3. The number of methoxy groups -OCH3 is 1. The normalized spacial score (nSPS) is 11.1. The van der Waals surface area contributed by atoms with E-state index in [1.54, 1.807) is 38.3 Å². The Bertz CT molecular complexity index is 1040. The summed E-state index contributed by atoms with van der Waals surface area (Å²) in [6.45, 7) is 4.50. The summed E-state index contributed by atoms with van der Waals surface area (Å²) < 4.78 is 32.9. The summed E-state index contributed by atoms with van der Waals surface area (Å²) >= 11 is 0. The molecule has 3 rings (SSSR count). The summed E-state index contributed by atoms with van der Waals surface area (Å²) in [5.74, 6) is 1.42. The zero-order valence-electron chi connectivity index (χ0n) is 16.0. The Hall–Kier alpha value is -3.13. The number of benzene rings is 2. The van der Waals surface area contributed by atoms with Crippen LogP contribution >= 0.6 is 0 Å². The molecule has 0 atom stereocenters. The van der Waals surface area contributed by atoms with E-state index in [0.29, 0.717) is 18.1 Å². The number of nitrogens with zero attached hydrogens (tertiary/aromatic N) is 3.